The number of methoxy groups -OCH3 is 3. The molecule has 1 amide bonds. The number of rotatable bonds is 8. The van der Waals surface area contributed by atoms with Gasteiger partial charge in [-0.2, -0.15) is 0 Å². The molecule has 0 spiro atoms. The lowest BCUT2D eigenvalue weighted by Gasteiger charge is -2.18. The topological polar surface area (TPSA) is 117 Å². The number of nitrogens with zero attached hydrogens (tertiary/aromatic N) is 1. The summed E-state index contributed by atoms with van der Waals surface area (Å²) >= 11 is 0. The first-order chi connectivity index (χ1) is 11.7. The minimum absolute atomic E-state index is 0.102. The van der Waals surface area contributed by atoms with Crippen LogP contribution in [0.5, 0.6) is 11.5 Å². The molecule has 0 saturated heterocycles. The third-order valence-corrected chi connectivity index (χ3v) is 3.44. The molecular formula is C16H22N2O7. The molecule has 9 heteroatoms. The van der Waals surface area contributed by atoms with Crippen LogP contribution in [0.1, 0.15) is 30.6 Å². The van der Waals surface area contributed by atoms with Crippen LogP contribution in [-0.2, 0) is 9.53 Å². The molecule has 1 aromatic rings. The van der Waals surface area contributed by atoms with Gasteiger partial charge in [0.15, 0.2) is 11.5 Å². The lowest BCUT2D eigenvalue weighted by molar-refractivity contribution is -0.385. The van der Waals surface area contributed by atoms with Gasteiger partial charge in [0.05, 0.1) is 32.3 Å². The van der Waals surface area contributed by atoms with Crippen molar-refractivity contribution in [2.24, 2.45) is 5.92 Å². The standard InChI is InChI=1S/C16H22N2O7/c1-9(2)6-11(16(20)25-5)17-15(19)10-7-13(23-3)14(24-4)8-12(10)18(21)22/h7-9,11H,6H2,1-5H3,(H,17,19). The van der Waals surface area contributed by atoms with Crippen LogP contribution in [0.25, 0.3) is 0 Å². The average molecular weight is 354 g/mol. The molecule has 1 unspecified atom stereocenters. The van der Waals surface area contributed by atoms with Crippen LogP contribution >= 0.6 is 0 Å². The van der Waals surface area contributed by atoms with Crippen LogP contribution in [0, 0.1) is 16.0 Å². The lowest BCUT2D eigenvalue weighted by atomic mass is 10.0. The predicted molar refractivity (Wildman–Crippen MR) is 88.9 cm³/mol. The van der Waals surface area contributed by atoms with Crippen LogP contribution in [0.4, 0.5) is 5.69 Å². The van der Waals surface area contributed by atoms with Gasteiger partial charge in [-0.05, 0) is 12.3 Å². The van der Waals surface area contributed by atoms with E-state index in [1.54, 1.807) is 0 Å². The van der Waals surface area contributed by atoms with Crippen LogP contribution < -0.4 is 14.8 Å². The number of nitro groups is 1. The van der Waals surface area contributed by atoms with Gasteiger partial charge in [-0.3, -0.25) is 14.9 Å². The number of ether oxygens (including phenoxy) is 3. The number of hydrogen-bond donors (Lipinski definition) is 1. The fourth-order valence-electron chi connectivity index (χ4n) is 2.26. The molecule has 0 radical (unpaired) electrons. The van der Waals surface area contributed by atoms with E-state index in [2.05, 4.69) is 10.1 Å². The Bertz CT molecular complexity index is 658. The largest absolute Gasteiger partial charge is 0.493 e. The van der Waals surface area contributed by atoms with Crippen molar-refractivity contribution >= 4 is 17.6 Å². The van der Waals surface area contributed by atoms with Gasteiger partial charge >= 0.3 is 5.97 Å². The predicted octanol–water partition coefficient (Wildman–Crippen LogP) is 1.93. The SMILES string of the molecule is COC(=O)C(CC(C)C)NC(=O)c1cc(OC)c(OC)cc1[N+](=O)[O-]. The fourth-order valence-corrected chi connectivity index (χ4v) is 2.26. The molecule has 0 aliphatic carbocycles. The zero-order chi connectivity index (χ0) is 19.1. The Labute approximate surface area is 145 Å². The Balaban J connectivity index is 3.26. The summed E-state index contributed by atoms with van der Waals surface area (Å²) in [6, 6.07) is 1.39. The van der Waals surface area contributed by atoms with Crippen molar-refractivity contribution in [2.75, 3.05) is 21.3 Å². The summed E-state index contributed by atoms with van der Waals surface area (Å²) in [6.07, 6.45) is 0.333. The number of carbonyl (C=O) groups is 2. The minimum Gasteiger partial charge on any atom is -0.493 e. The van der Waals surface area contributed by atoms with E-state index in [1.807, 2.05) is 13.8 Å². The average Bonchev–Trinajstić information content (AvgIpc) is 2.58. The van der Waals surface area contributed by atoms with Crippen LogP contribution in [0.15, 0.2) is 12.1 Å². The molecule has 0 fully saturated rings. The fraction of sp³-hybridized carbons (Fsp3) is 0.500. The van der Waals surface area contributed by atoms with Crippen molar-refractivity contribution in [3.63, 3.8) is 0 Å². The first kappa shape index (κ1) is 20.2. The van der Waals surface area contributed by atoms with E-state index in [0.717, 1.165) is 6.07 Å². The van der Waals surface area contributed by atoms with E-state index < -0.39 is 28.5 Å². The number of hydrogen-bond acceptors (Lipinski definition) is 7. The van der Waals surface area contributed by atoms with Crippen molar-refractivity contribution in [3.05, 3.63) is 27.8 Å². The highest BCUT2D eigenvalue weighted by Gasteiger charge is 2.29. The molecule has 1 atom stereocenters. The third kappa shape index (κ3) is 5.07. The Morgan fingerprint density at radius 1 is 1.16 bits per heavy atom. The van der Waals surface area contributed by atoms with Crippen molar-refractivity contribution in [2.45, 2.75) is 26.3 Å². The van der Waals surface area contributed by atoms with E-state index in [0.29, 0.717) is 6.42 Å². The Kier molecular flexibility index (Phi) is 7.16. The summed E-state index contributed by atoms with van der Waals surface area (Å²) < 4.78 is 14.8. The minimum atomic E-state index is -0.912. The highest BCUT2D eigenvalue weighted by atomic mass is 16.6. The van der Waals surface area contributed by atoms with E-state index >= 15 is 0 Å². The van der Waals surface area contributed by atoms with Crippen LogP contribution in [0.3, 0.4) is 0 Å². The smallest absolute Gasteiger partial charge is 0.328 e. The maximum Gasteiger partial charge on any atom is 0.328 e. The van der Waals surface area contributed by atoms with Gasteiger partial charge in [-0.25, -0.2) is 4.79 Å². The van der Waals surface area contributed by atoms with Crippen LogP contribution in [0.2, 0.25) is 0 Å². The molecule has 0 bridgehead atoms. The quantitative estimate of drug-likeness (QED) is 0.430. The summed E-state index contributed by atoms with van der Waals surface area (Å²) in [4.78, 5) is 35.0. The van der Waals surface area contributed by atoms with Crippen molar-refractivity contribution in [3.8, 4) is 11.5 Å². The van der Waals surface area contributed by atoms with E-state index in [4.69, 9.17) is 9.47 Å². The maximum atomic E-state index is 12.5. The number of amides is 1. The van der Waals surface area contributed by atoms with Gasteiger partial charge in [0, 0.05) is 6.07 Å². The maximum absolute atomic E-state index is 12.5. The molecule has 1 aromatic carbocycles. The molecule has 0 aromatic heterocycles. The van der Waals surface area contributed by atoms with Gasteiger partial charge < -0.3 is 19.5 Å². The zero-order valence-corrected chi connectivity index (χ0v) is 14.8. The number of carbonyl (C=O) groups excluding carboxylic acids is 2. The second kappa shape index (κ2) is 8.86. The van der Waals surface area contributed by atoms with E-state index in [-0.39, 0.29) is 23.0 Å². The van der Waals surface area contributed by atoms with Gasteiger partial charge in [0.25, 0.3) is 11.6 Å². The molecule has 0 heterocycles. The number of nitro benzene ring substituents is 1. The molecule has 25 heavy (non-hydrogen) atoms. The highest BCUT2D eigenvalue weighted by Crippen LogP contribution is 2.34. The molecule has 138 valence electrons. The van der Waals surface area contributed by atoms with Crippen molar-refractivity contribution < 1.29 is 28.7 Å². The molecule has 0 aliphatic rings. The highest BCUT2D eigenvalue weighted by molar-refractivity contribution is 6.00. The summed E-state index contributed by atoms with van der Waals surface area (Å²) in [6.45, 7) is 3.75. The molecule has 0 aliphatic heterocycles. The first-order valence-corrected chi connectivity index (χ1v) is 7.54. The van der Waals surface area contributed by atoms with Gasteiger partial charge in [0.2, 0.25) is 0 Å². The summed E-state index contributed by atoms with van der Waals surface area (Å²) in [5.74, 6) is -1.01. The molecular weight excluding hydrogens is 332 g/mol. The molecule has 0 saturated carbocycles. The first-order valence-electron chi connectivity index (χ1n) is 7.54. The second-order valence-corrected chi connectivity index (χ2v) is 5.66. The summed E-state index contributed by atoms with van der Waals surface area (Å²) in [7, 11) is 3.89. The van der Waals surface area contributed by atoms with E-state index in [1.165, 1.54) is 27.4 Å². The summed E-state index contributed by atoms with van der Waals surface area (Å²) in [5, 5.41) is 13.8. The van der Waals surface area contributed by atoms with Gasteiger partial charge in [-0.15, -0.1) is 0 Å². The number of nitrogens with one attached hydrogen (secondary N) is 1. The Morgan fingerprint density at radius 2 is 1.72 bits per heavy atom. The normalized spacial score (nSPS) is 11.6. The third-order valence-electron chi connectivity index (χ3n) is 3.44. The van der Waals surface area contributed by atoms with Gasteiger partial charge in [0.1, 0.15) is 11.6 Å². The molecule has 1 N–H and O–H groups in total. The lowest BCUT2D eigenvalue weighted by Crippen LogP contribution is -2.42. The van der Waals surface area contributed by atoms with E-state index in [9.17, 15) is 19.7 Å². The zero-order valence-electron chi connectivity index (χ0n) is 14.8. The monoisotopic (exact) mass is 354 g/mol. The second-order valence-electron chi connectivity index (χ2n) is 5.66. The van der Waals surface area contributed by atoms with Gasteiger partial charge in [-0.1, -0.05) is 13.8 Å². The Hall–Kier alpha value is -2.84. The number of benzene rings is 1. The number of esters is 1. The molecule has 9 nitrogen and oxygen atoms in total. The van der Waals surface area contributed by atoms with Crippen molar-refractivity contribution in [1.82, 2.24) is 5.32 Å². The van der Waals surface area contributed by atoms with Crippen LogP contribution in [-0.4, -0.2) is 44.2 Å². The molecule has 1 rings (SSSR count). The Morgan fingerprint density at radius 3 is 2.16 bits per heavy atom. The summed E-state index contributed by atoms with van der Waals surface area (Å²) in [5.41, 5.74) is -0.691. The van der Waals surface area contributed by atoms with Crippen molar-refractivity contribution in [1.29, 1.82) is 0 Å².